The molecule has 314 valence electrons. The number of carbonyl (C=O) groups excluding carboxylic acids is 1. The number of hydrogen-bond acceptors (Lipinski definition) is 7. The number of rotatable bonds is 20. The van der Waals surface area contributed by atoms with Crippen LogP contribution in [0.4, 0.5) is 4.39 Å². The van der Waals surface area contributed by atoms with Gasteiger partial charge in [0.15, 0.2) is 25.0 Å². The smallest absolute Gasteiger partial charge is 0.305 e. The van der Waals surface area contributed by atoms with Crippen LogP contribution in [-0.4, -0.2) is 71.3 Å². The molecule has 1 fully saturated rings. The van der Waals surface area contributed by atoms with E-state index in [1.54, 1.807) is 0 Å². The SMILES string of the molecule is COC(=O)CCCCCC[C@@H]1[C@@H](CCC(CNS(=O)(=O)c2ccccc2F)O[Si](C)(C)C(C)(C)C)[C@H](O[Si](C)(C)C(C)(C)C)C[C@@H]1O[Si](C)(C)C(C)(C)C. The molecule has 1 aliphatic rings. The molecule has 0 saturated heterocycles. The Balaban J connectivity index is 2.52. The minimum absolute atomic E-state index is 0.00797. The van der Waals surface area contributed by atoms with Crippen molar-refractivity contribution in [3.05, 3.63) is 30.1 Å². The molecule has 0 amide bonds. The zero-order valence-electron chi connectivity index (χ0n) is 36.9. The number of esters is 1. The van der Waals surface area contributed by atoms with Gasteiger partial charge in [-0.3, -0.25) is 4.79 Å². The molecule has 54 heavy (non-hydrogen) atoms. The first-order valence-electron chi connectivity index (χ1n) is 20.3. The second-order valence-corrected chi connectivity index (χ2v) is 36.3. The van der Waals surface area contributed by atoms with Crippen LogP contribution in [0.25, 0.3) is 0 Å². The van der Waals surface area contributed by atoms with E-state index in [1.165, 1.54) is 31.4 Å². The highest BCUT2D eigenvalue weighted by molar-refractivity contribution is 7.89. The maximum absolute atomic E-state index is 14.7. The number of sulfonamides is 1. The summed E-state index contributed by atoms with van der Waals surface area (Å²) in [6.45, 7) is 34.0. The topological polar surface area (TPSA) is 100 Å². The van der Waals surface area contributed by atoms with Crippen molar-refractivity contribution < 1.29 is 35.6 Å². The molecule has 0 aliphatic heterocycles. The molecule has 1 aromatic rings. The van der Waals surface area contributed by atoms with Crippen LogP contribution in [0.3, 0.4) is 0 Å². The molecule has 1 aliphatic carbocycles. The lowest BCUT2D eigenvalue weighted by molar-refractivity contribution is -0.140. The Bertz CT molecular complexity index is 1450. The number of ether oxygens (including phenoxy) is 1. The first-order valence-corrected chi connectivity index (χ1v) is 30.5. The van der Waals surface area contributed by atoms with Gasteiger partial charge in [-0.15, -0.1) is 0 Å². The zero-order chi connectivity index (χ0) is 41.6. The van der Waals surface area contributed by atoms with Crippen molar-refractivity contribution in [1.82, 2.24) is 4.72 Å². The standard InChI is InChI=1S/C41H78FNO7SSi3/c1-39(2,3)52(11,12)48-31(30-43-51(45,46)37-25-22-21-24-34(37)42)27-28-33-32(23-19-17-18-20-26-38(44)47-10)35(49-53(13,14)40(4,5)6)29-36(33)50-54(15,16)41(7,8)9/h21-22,24-25,31-33,35-36,43H,17-20,23,26-30H2,1-16H3/t31?,32-,33-,35+,36-/m1/s1. The highest BCUT2D eigenvalue weighted by atomic mass is 32.2. The van der Waals surface area contributed by atoms with Crippen LogP contribution in [0.15, 0.2) is 29.2 Å². The van der Waals surface area contributed by atoms with Crippen molar-refractivity contribution >= 4 is 40.9 Å². The van der Waals surface area contributed by atoms with E-state index < -0.39 is 46.9 Å². The molecular weight excluding hydrogens is 754 g/mol. The van der Waals surface area contributed by atoms with Crippen LogP contribution in [0, 0.1) is 17.7 Å². The van der Waals surface area contributed by atoms with Gasteiger partial charge in [-0.2, -0.15) is 0 Å². The van der Waals surface area contributed by atoms with Gasteiger partial charge in [-0.05, 0) is 110 Å². The van der Waals surface area contributed by atoms with E-state index in [4.69, 9.17) is 18.0 Å². The summed E-state index contributed by atoms with van der Waals surface area (Å²) in [4.78, 5) is 11.4. The van der Waals surface area contributed by atoms with E-state index in [2.05, 4.69) is 106 Å². The highest BCUT2D eigenvalue weighted by Gasteiger charge is 2.51. The number of benzene rings is 1. The lowest BCUT2D eigenvalue weighted by atomic mass is 9.85. The van der Waals surface area contributed by atoms with Gasteiger partial charge in [-0.25, -0.2) is 17.5 Å². The quantitative estimate of drug-likeness (QED) is 0.0793. The predicted molar refractivity (Wildman–Crippen MR) is 228 cm³/mol. The molecule has 0 spiro atoms. The van der Waals surface area contributed by atoms with Crippen LogP contribution < -0.4 is 4.72 Å². The molecule has 1 unspecified atom stereocenters. The molecule has 8 nitrogen and oxygen atoms in total. The molecule has 0 bridgehead atoms. The summed E-state index contributed by atoms with van der Waals surface area (Å²) in [5.74, 6) is -0.481. The molecular formula is C41H78FNO7SSi3. The Morgan fingerprint density at radius 2 is 1.26 bits per heavy atom. The lowest BCUT2D eigenvalue weighted by Gasteiger charge is -2.41. The fourth-order valence-corrected chi connectivity index (χ4v) is 11.8. The van der Waals surface area contributed by atoms with E-state index in [-0.39, 0.29) is 56.6 Å². The fraction of sp³-hybridized carbons (Fsp3) is 0.829. The second kappa shape index (κ2) is 19.2. The Labute approximate surface area is 333 Å². The van der Waals surface area contributed by atoms with E-state index in [0.29, 0.717) is 12.8 Å². The average Bonchev–Trinajstić information content (AvgIpc) is 3.31. The van der Waals surface area contributed by atoms with Crippen molar-refractivity contribution in [2.45, 2.75) is 198 Å². The van der Waals surface area contributed by atoms with Gasteiger partial charge in [0, 0.05) is 13.0 Å². The Hall–Kier alpha value is -0.939. The minimum Gasteiger partial charge on any atom is -0.469 e. The average molecular weight is 832 g/mol. The number of methoxy groups -OCH3 is 1. The van der Waals surface area contributed by atoms with Crippen molar-refractivity contribution in [3.8, 4) is 0 Å². The Morgan fingerprint density at radius 1 is 0.778 bits per heavy atom. The molecule has 0 heterocycles. The third kappa shape index (κ3) is 13.9. The molecule has 13 heteroatoms. The number of halogens is 1. The number of unbranched alkanes of at least 4 members (excludes halogenated alkanes) is 3. The van der Waals surface area contributed by atoms with Crippen LogP contribution >= 0.6 is 0 Å². The molecule has 1 N–H and O–H groups in total. The summed E-state index contributed by atoms with van der Waals surface area (Å²) in [7, 11) is -9.29. The van der Waals surface area contributed by atoms with Gasteiger partial charge in [0.2, 0.25) is 10.0 Å². The number of hydrogen-bond donors (Lipinski definition) is 1. The molecule has 1 aromatic carbocycles. The summed E-state index contributed by atoms with van der Waals surface area (Å²) >= 11 is 0. The molecule has 2 rings (SSSR count). The summed E-state index contributed by atoms with van der Waals surface area (Å²) in [6, 6.07) is 5.49. The third-order valence-corrected chi connectivity index (χ3v) is 28.1. The van der Waals surface area contributed by atoms with Crippen molar-refractivity contribution in [2.24, 2.45) is 11.8 Å². The van der Waals surface area contributed by atoms with E-state index in [0.717, 1.165) is 44.9 Å². The minimum atomic E-state index is -4.10. The van der Waals surface area contributed by atoms with E-state index >= 15 is 0 Å². The predicted octanol–water partition coefficient (Wildman–Crippen LogP) is 11.2. The largest absolute Gasteiger partial charge is 0.469 e. The first-order chi connectivity index (χ1) is 24.5. The molecule has 1 saturated carbocycles. The van der Waals surface area contributed by atoms with E-state index in [1.807, 2.05) is 0 Å². The summed E-state index contributed by atoms with van der Waals surface area (Å²) in [5.41, 5.74) is 0. The summed E-state index contributed by atoms with van der Waals surface area (Å²) < 4.78 is 70.6. The first kappa shape index (κ1) is 49.2. The van der Waals surface area contributed by atoms with Gasteiger partial charge in [0.1, 0.15) is 10.7 Å². The maximum Gasteiger partial charge on any atom is 0.305 e. The zero-order valence-corrected chi connectivity index (χ0v) is 40.7. The van der Waals surface area contributed by atoms with Gasteiger partial charge >= 0.3 is 5.97 Å². The normalized spacial score (nSPS) is 21.4. The number of carbonyl (C=O) groups is 1. The Morgan fingerprint density at radius 3 is 1.74 bits per heavy atom. The lowest BCUT2D eigenvalue weighted by Crippen LogP contribution is -2.47. The van der Waals surface area contributed by atoms with Gasteiger partial charge < -0.3 is 18.0 Å². The number of nitrogens with one attached hydrogen (secondary N) is 1. The van der Waals surface area contributed by atoms with Crippen LogP contribution in [0.1, 0.15) is 120 Å². The van der Waals surface area contributed by atoms with Gasteiger partial charge in [0.05, 0.1) is 25.4 Å². The van der Waals surface area contributed by atoms with E-state index in [9.17, 15) is 17.6 Å². The van der Waals surface area contributed by atoms with Crippen LogP contribution in [0.5, 0.6) is 0 Å². The van der Waals surface area contributed by atoms with Gasteiger partial charge in [0.25, 0.3) is 0 Å². The van der Waals surface area contributed by atoms with Crippen LogP contribution in [0.2, 0.25) is 54.4 Å². The van der Waals surface area contributed by atoms with Crippen molar-refractivity contribution in [1.29, 1.82) is 0 Å². The molecule has 5 atom stereocenters. The fourth-order valence-electron chi connectivity index (χ4n) is 6.53. The van der Waals surface area contributed by atoms with Crippen molar-refractivity contribution in [2.75, 3.05) is 13.7 Å². The van der Waals surface area contributed by atoms with Crippen molar-refractivity contribution in [3.63, 3.8) is 0 Å². The monoisotopic (exact) mass is 831 g/mol. The maximum atomic E-state index is 14.7. The molecule has 0 radical (unpaired) electrons. The third-order valence-electron chi connectivity index (χ3n) is 13.1. The second-order valence-electron chi connectivity index (χ2n) is 20.3. The van der Waals surface area contributed by atoms with Gasteiger partial charge in [-0.1, -0.05) is 93.7 Å². The molecule has 0 aromatic heterocycles. The highest BCUT2D eigenvalue weighted by Crippen LogP contribution is 2.49. The van der Waals surface area contributed by atoms with Crippen LogP contribution in [-0.2, 0) is 32.8 Å². The summed E-state index contributed by atoms with van der Waals surface area (Å²) in [5, 5.41) is -0.00364. The summed E-state index contributed by atoms with van der Waals surface area (Å²) in [6.07, 6.45) is 7.20. The Kier molecular flexibility index (Phi) is 17.5.